The standard InChI is InChI=1S/C24H30FN3O5/c25-16-8-6-9-17(11-16)26-19-10-5-3-1-2-4-7-15-13-24(15,23(32)33)27-21(30)20-12-18(29)14-28(20)22(19)31/h4,6-9,11,15,18-20,26,29H,1-3,5,10,12-14H2,(H,27,30)(H,32,33)/b7-4-/t15-,18+,19-,20-,24+/m0/s1. The van der Waals surface area contributed by atoms with Gasteiger partial charge < -0.3 is 25.7 Å². The summed E-state index contributed by atoms with van der Waals surface area (Å²) in [6.07, 6.45) is 7.07. The third kappa shape index (κ3) is 5.03. The number of halogens is 1. The number of rotatable bonds is 3. The summed E-state index contributed by atoms with van der Waals surface area (Å²) in [6.45, 7) is -0.0122. The van der Waals surface area contributed by atoms with Gasteiger partial charge in [0, 0.05) is 24.6 Å². The number of fused-ring (bicyclic) bond motifs is 2. The average molecular weight is 460 g/mol. The SMILES string of the molecule is O=C1N[C@]2(C(=O)O)C[C@@H]2/C=C\CCCCC[C@H](Nc2cccc(F)c2)C(=O)N2C[C@H](O)C[C@@H]12. The van der Waals surface area contributed by atoms with Crippen LogP contribution in [-0.4, -0.2) is 63.2 Å². The first-order valence-corrected chi connectivity index (χ1v) is 11.5. The number of benzene rings is 1. The Morgan fingerprint density at radius 3 is 2.82 bits per heavy atom. The van der Waals surface area contributed by atoms with Crippen molar-refractivity contribution in [2.24, 2.45) is 5.92 Å². The van der Waals surface area contributed by atoms with Gasteiger partial charge in [-0.15, -0.1) is 0 Å². The first-order chi connectivity index (χ1) is 15.8. The Labute approximate surface area is 191 Å². The van der Waals surface area contributed by atoms with Crippen molar-refractivity contribution in [3.05, 3.63) is 42.2 Å². The molecule has 4 rings (SSSR count). The Hall–Kier alpha value is -2.94. The molecule has 1 saturated heterocycles. The Balaban J connectivity index is 1.59. The zero-order valence-electron chi connectivity index (χ0n) is 18.4. The zero-order valence-corrected chi connectivity index (χ0v) is 18.4. The molecule has 1 aliphatic carbocycles. The lowest BCUT2D eigenvalue weighted by Crippen LogP contribution is -2.55. The molecular formula is C24H30FN3O5. The second-order valence-corrected chi connectivity index (χ2v) is 9.25. The van der Waals surface area contributed by atoms with Crippen LogP contribution in [-0.2, 0) is 14.4 Å². The van der Waals surface area contributed by atoms with E-state index in [0.717, 1.165) is 25.7 Å². The molecule has 178 valence electrons. The summed E-state index contributed by atoms with van der Waals surface area (Å²) in [7, 11) is 0. The van der Waals surface area contributed by atoms with Crippen molar-refractivity contribution in [1.29, 1.82) is 0 Å². The van der Waals surface area contributed by atoms with Gasteiger partial charge >= 0.3 is 5.97 Å². The monoisotopic (exact) mass is 459 g/mol. The highest BCUT2D eigenvalue weighted by Gasteiger charge is 2.61. The quantitative estimate of drug-likeness (QED) is 0.514. The predicted octanol–water partition coefficient (Wildman–Crippen LogP) is 2.05. The van der Waals surface area contributed by atoms with E-state index in [0.29, 0.717) is 18.5 Å². The van der Waals surface area contributed by atoms with Gasteiger partial charge in [0.1, 0.15) is 23.4 Å². The number of nitrogens with zero attached hydrogens (tertiary/aromatic N) is 1. The molecule has 3 aliphatic rings. The molecule has 0 spiro atoms. The lowest BCUT2D eigenvalue weighted by Gasteiger charge is -2.30. The minimum absolute atomic E-state index is 0.0122. The number of carbonyl (C=O) groups is 3. The summed E-state index contributed by atoms with van der Waals surface area (Å²) >= 11 is 0. The van der Waals surface area contributed by atoms with E-state index in [2.05, 4.69) is 10.6 Å². The van der Waals surface area contributed by atoms with Crippen LogP contribution in [0.5, 0.6) is 0 Å². The molecule has 0 bridgehead atoms. The van der Waals surface area contributed by atoms with Crippen molar-refractivity contribution in [2.45, 2.75) is 68.7 Å². The van der Waals surface area contributed by atoms with E-state index >= 15 is 0 Å². The maximum atomic E-state index is 13.7. The van der Waals surface area contributed by atoms with Crippen LogP contribution in [0.3, 0.4) is 0 Å². The molecule has 1 saturated carbocycles. The molecule has 4 N–H and O–H groups in total. The van der Waals surface area contributed by atoms with E-state index in [-0.39, 0.29) is 24.8 Å². The summed E-state index contributed by atoms with van der Waals surface area (Å²) < 4.78 is 13.7. The number of carbonyl (C=O) groups excluding carboxylic acids is 2. The number of allylic oxidation sites excluding steroid dienone is 1. The third-order valence-electron chi connectivity index (χ3n) is 6.80. The lowest BCUT2D eigenvalue weighted by atomic mass is 10.0. The Morgan fingerprint density at radius 1 is 1.24 bits per heavy atom. The highest BCUT2D eigenvalue weighted by molar-refractivity contribution is 5.96. The predicted molar refractivity (Wildman–Crippen MR) is 119 cm³/mol. The number of carboxylic acid groups (broad SMARTS) is 1. The number of hydrogen-bond donors (Lipinski definition) is 4. The molecule has 1 aromatic rings. The van der Waals surface area contributed by atoms with Gasteiger partial charge in [-0.05, 0) is 43.9 Å². The maximum absolute atomic E-state index is 13.7. The summed E-state index contributed by atoms with van der Waals surface area (Å²) in [5, 5.41) is 25.8. The van der Waals surface area contributed by atoms with Crippen LogP contribution in [0.1, 0.15) is 44.9 Å². The molecule has 1 aromatic carbocycles. The van der Waals surface area contributed by atoms with Crippen LogP contribution < -0.4 is 10.6 Å². The Morgan fingerprint density at radius 2 is 2.06 bits per heavy atom. The van der Waals surface area contributed by atoms with E-state index in [9.17, 15) is 29.0 Å². The highest BCUT2D eigenvalue weighted by atomic mass is 19.1. The molecule has 8 nitrogen and oxygen atoms in total. The number of carboxylic acids is 1. The minimum atomic E-state index is -1.37. The number of anilines is 1. The van der Waals surface area contributed by atoms with Crippen LogP contribution >= 0.6 is 0 Å². The van der Waals surface area contributed by atoms with Gasteiger partial charge in [-0.3, -0.25) is 9.59 Å². The largest absolute Gasteiger partial charge is 0.479 e. The summed E-state index contributed by atoms with van der Waals surface area (Å²) in [5.41, 5.74) is -0.907. The summed E-state index contributed by atoms with van der Waals surface area (Å²) in [5.74, 6) is -2.75. The van der Waals surface area contributed by atoms with Crippen LogP contribution in [0.15, 0.2) is 36.4 Å². The van der Waals surface area contributed by atoms with Crippen molar-refractivity contribution in [3.63, 3.8) is 0 Å². The lowest BCUT2D eigenvalue weighted by molar-refractivity contribution is -0.145. The second-order valence-electron chi connectivity index (χ2n) is 9.25. The number of aliphatic hydroxyl groups is 1. The van der Waals surface area contributed by atoms with Crippen LogP contribution in [0.2, 0.25) is 0 Å². The van der Waals surface area contributed by atoms with Gasteiger partial charge in [-0.25, -0.2) is 9.18 Å². The number of aliphatic hydroxyl groups excluding tert-OH is 1. The van der Waals surface area contributed by atoms with E-state index in [1.54, 1.807) is 12.1 Å². The van der Waals surface area contributed by atoms with Crippen molar-refractivity contribution >= 4 is 23.5 Å². The molecule has 9 heteroatoms. The minimum Gasteiger partial charge on any atom is -0.479 e. The molecule has 33 heavy (non-hydrogen) atoms. The van der Waals surface area contributed by atoms with Gasteiger partial charge in [0.15, 0.2) is 0 Å². The van der Waals surface area contributed by atoms with Gasteiger partial charge in [-0.2, -0.15) is 0 Å². The third-order valence-corrected chi connectivity index (χ3v) is 6.80. The van der Waals surface area contributed by atoms with Crippen LogP contribution in [0.25, 0.3) is 0 Å². The van der Waals surface area contributed by atoms with Crippen LogP contribution in [0, 0.1) is 11.7 Å². The first kappa shape index (κ1) is 23.2. The molecule has 2 heterocycles. The molecule has 2 amide bonds. The highest BCUT2D eigenvalue weighted by Crippen LogP contribution is 2.45. The summed E-state index contributed by atoms with van der Waals surface area (Å²) in [4.78, 5) is 39.9. The number of nitrogens with one attached hydrogen (secondary N) is 2. The van der Waals surface area contributed by atoms with Crippen LogP contribution in [0.4, 0.5) is 10.1 Å². The van der Waals surface area contributed by atoms with Gasteiger partial charge in [0.25, 0.3) is 0 Å². The van der Waals surface area contributed by atoms with Crippen molar-refractivity contribution < 1.29 is 29.0 Å². The number of aliphatic carboxylic acids is 1. The molecule has 0 unspecified atom stereocenters. The maximum Gasteiger partial charge on any atom is 0.330 e. The van der Waals surface area contributed by atoms with Crippen molar-refractivity contribution in [3.8, 4) is 0 Å². The molecule has 5 atom stereocenters. The Bertz CT molecular complexity index is 954. The smallest absolute Gasteiger partial charge is 0.330 e. The van der Waals surface area contributed by atoms with Gasteiger partial charge in [0.05, 0.1) is 6.10 Å². The van der Waals surface area contributed by atoms with E-state index in [1.165, 1.54) is 17.0 Å². The van der Waals surface area contributed by atoms with Gasteiger partial charge in [0.2, 0.25) is 11.8 Å². The fourth-order valence-electron chi connectivity index (χ4n) is 4.86. The fourth-order valence-corrected chi connectivity index (χ4v) is 4.86. The molecule has 0 aromatic heterocycles. The molecule has 0 radical (unpaired) electrons. The van der Waals surface area contributed by atoms with E-state index in [1.807, 2.05) is 12.2 Å². The molecule has 2 fully saturated rings. The second kappa shape index (κ2) is 9.51. The number of amides is 2. The Kier molecular flexibility index (Phi) is 6.69. The average Bonchev–Trinajstić information content (AvgIpc) is 3.32. The summed E-state index contributed by atoms with van der Waals surface area (Å²) in [6, 6.07) is 4.18. The zero-order chi connectivity index (χ0) is 23.6. The molecule has 2 aliphatic heterocycles. The van der Waals surface area contributed by atoms with Crippen molar-refractivity contribution in [2.75, 3.05) is 11.9 Å². The van der Waals surface area contributed by atoms with Crippen molar-refractivity contribution in [1.82, 2.24) is 10.2 Å². The topological polar surface area (TPSA) is 119 Å². The van der Waals surface area contributed by atoms with E-state index in [4.69, 9.17) is 0 Å². The first-order valence-electron chi connectivity index (χ1n) is 11.5. The molecular weight excluding hydrogens is 429 g/mol. The number of hydrogen-bond acceptors (Lipinski definition) is 5. The fraction of sp³-hybridized carbons (Fsp3) is 0.542. The van der Waals surface area contributed by atoms with Gasteiger partial charge in [-0.1, -0.05) is 31.1 Å². The normalized spacial score (nSPS) is 33.7. The van der Waals surface area contributed by atoms with E-state index < -0.39 is 41.4 Å².